The molecule has 13 rings (SSSR count). The van der Waals surface area contributed by atoms with E-state index in [0.717, 1.165) is 55.5 Å². The Balaban J connectivity index is 0.00000709. The summed E-state index contributed by atoms with van der Waals surface area (Å²) < 4.78 is 25.6. The van der Waals surface area contributed by atoms with Crippen molar-refractivity contribution in [2.75, 3.05) is 13.2 Å². The van der Waals surface area contributed by atoms with Gasteiger partial charge in [-0.1, -0.05) is 120 Å². The molecular formula is C62H54N10O12Zn. The van der Waals surface area contributed by atoms with Gasteiger partial charge in [-0.2, -0.15) is 0 Å². The van der Waals surface area contributed by atoms with Crippen molar-refractivity contribution in [3.8, 4) is 55.9 Å². The molecule has 22 nitrogen and oxygen atoms in total. The van der Waals surface area contributed by atoms with Gasteiger partial charge in [0.25, 0.3) is 0 Å². The minimum atomic E-state index is -1.59. The zero-order chi connectivity index (χ0) is 57.6. The Labute approximate surface area is 497 Å². The number of fused-ring (bicyclic) bond motifs is 8. The van der Waals surface area contributed by atoms with E-state index in [4.69, 9.17) is 38.9 Å². The van der Waals surface area contributed by atoms with Gasteiger partial charge in [0.15, 0.2) is 12.6 Å². The van der Waals surface area contributed by atoms with Crippen LogP contribution >= 0.6 is 0 Å². The standard InChI is InChI=1S/C62H54N10O12.Zn/c73-29-49-55(75)57(77)59(79)61(83-49)81-31-37-27-71(69-67-37)39-15-11-35(12-16-39)53-45-23-21-43(64-45)51(33-7-3-1-4-8-33)41-19-20-42(63-41)52(34-9-5-2-6-10-34)44-22-24-46(65-44)54(48-26-25-47(53)66-48)36-13-17-40(18-14-36)72-28-38(68-70-72)32-82-62-60(80)58(78)56(76)50(30-74)84-62;/h1-28,49-50,55-62,73-80H,29-32H2;/q-2;+2/t49-,50-,55-,56-,57+,58+,59+,60+,61+,62+;/m1./s1. The van der Waals surface area contributed by atoms with Crippen LogP contribution in [-0.4, -0.2) is 155 Å². The van der Waals surface area contributed by atoms with Gasteiger partial charge in [-0.3, -0.25) is 0 Å². The van der Waals surface area contributed by atoms with E-state index in [9.17, 15) is 40.9 Å². The fourth-order valence-corrected chi connectivity index (χ4v) is 10.8. The van der Waals surface area contributed by atoms with E-state index in [2.05, 4.69) is 20.6 Å². The second-order valence-electron chi connectivity index (χ2n) is 20.5. The van der Waals surface area contributed by atoms with Gasteiger partial charge in [0.1, 0.15) is 60.2 Å². The van der Waals surface area contributed by atoms with Gasteiger partial charge in [0.2, 0.25) is 0 Å². The first-order valence-corrected chi connectivity index (χ1v) is 27.0. The second-order valence-corrected chi connectivity index (χ2v) is 20.5. The van der Waals surface area contributed by atoms with Gasteiger partial charge in [-0.25, -0.2) is 19.3 Å². The first-order chi connectivity index (χ1) is 41.0. The number of hydrogen-bond donors (Lipinski definition) is 8. The van der Waals surface area contributed by atoms with Gasteiger partial charge >= 0.3 is 19.5 Å². The molecule has 5 aromatic heterocycles. The number of aliphatic hydroxyl groups excluding tert-OH is 8. The minimum absolute atomic E-state index is 0. The van der Waals surface area contributed by atoms with Gasteiger partial charge < -0.3 is 69.8 Å². The molecule has 2 fully saturated rings. The molecule has 0 saturated carbocycles. The number of aliphatic hydroxyl groups is 8. The zero-order valence-corrected chi connectivity index (χ0v) is 48.1. The predicted molar refractivity (Wildman–Crippen MR) is 305 cm³/mol. The molecule has 8 N–H and O–H groups in total. The van der Waals surface area contributed by atoms with Crippen molar-refractivity contribution in [1.29, 1.82) is 0 Å². The maximum atomic E-state index is 10.5. The van der Waals surface area contributed by atoms with Gasteiger partial charge in [-0.05, 0) is 93.1 Å². The minimum Gasteiger partial charge on any atom is -0.657 e. The summed E-state index contributed by atoms with van der Waals surface area (Å²) >= 11 is 0. The van der Waals surface area contributed by atoms with Crippen LogP contribution in [0.4, 0.5) is 0 Å². The molecule has 2 saturated heterocycles. The molecular weight excluding hydrogens is 1140 g/mol. The molecule has 85 heavy (non-hydrogen) atoms. The smallest absolute Gasteiger partial charge is 0.657 e. The van der Waals surface area contributed by atoms with Crippen molar-refractivity contribution in [1.82, 2.24) is 49.9 Å². The topological polar surface area (TPSA) is 314 Å². The van der Waals surface area contributed by atoms with E-state index in [-0.39, 0.29) is 32.7 Å². The van der Waals surface area contributed by atoms with Crippen LogP contribution in [0.25, 0.3) is 102 Å². The molecule has 4 aliphatic heterocycles. The first-order valence-electron chi connectivity index (χ1n) is 27.0. The molecule has 0 radical (unpaired) electrons. The van der Waals surface area contributed by atoms with Crippen molar-refractivity contribution in [2.45, 2.75) is 74.6 Å². The van der Waals surface area contributed by atoms with Gasteiger partial charge in [-0.15, -0.1) is 32.3 Å². The molecule has 0 aliphatic carbocycles. The summed E-state index contributed by atoms with van der Waals surface area (Å²) in [5.41, 5.74) is 14.2. The zero-order valence-electron chi connectivity index (χ0n) is 45.2. The van der Waals surface area contributed by atoms with Crippen molar-refractivity contribution in [2.24, 2.45) is 0 Å². The molecule has 426 valence electrons. The third kappa shape index (κ3) is 11.3. The summed E-state index contributed by atoms with van der Waals surface area (Å²) in [4.78, 5) is 21.5. The van der Waals surface area contributed by atoms with Crippen LogP contribution in [0.3, 0.4) is 0 Å². The number of rotatable bonds is 14. The fourth-order valence-electron chi connectivity index (χ4n) is 10.8. The number of hydrogen-bond acceptors (Lipinski definition) is 18. The van der Waals surface area contributed by atoms with E-state index < -0.39 is 74.6 Å². The van der Waals surface area contributed by atoms with E-state index in [0.29, 0.717) is 56.6 Å². The van der Waals surface area contributed by atoms with Crippen molar-refractivity contribution < 1.29 is 79.3 Å². The average molecular weight is 1200 g/mol. The average Bonchev–Trinajstić information content (AvgIpc) is 4.46. The number of nitrogens with zero attached hydrogens (tertiary/aromatic N) is 10. The maximum Gasteiger partial charge on any atom is 2.00 e. The maximum absolute atomic E-state index is 10.5. The van der Waals surface area contributed by atoms with E-state index in [1.165, 1.54) is 0 Å². The van der Waals surface area contributed by atoms with E-state index >= 15 is 0 Å². The normalized spacial score (nSPS) is 22.8. The first kappa shape index (κ1) is 57.3. The molecule has 0 unspecified atom stereocenters. The largest absolute Gasteiger partial charge is 2.00 e. The van der Waals surface area contributed by atoms with Crippen LogP contribution in [0, 0.1) is 0 Å². The van der Waals surface area contributed by atoms with Gasteiger partial charge in [0, 0.05) is 0 Å². The molecule has 23 heteroatoms. The second kappa shape index (κ2) is 24.5. The fraction of sp³-hybridized carbons (Fsp3) is 0.226. The monoisotopic (exact) mass is 1190 g/mol. The van der Waals surface area contributed by atoms with Crippen molar-refractivity contribution in [3.63, 3.8) is 0 Å². The Morgan fingerprint density at radius 1 is 0.412 bits per heavy atom. The molecule has 9 heterocycles. The van der Waals surface area contributed by atoms with Crippen LogP contribution in [0.5, 0.6) is 0 Å². The van der Waals surface area contributed by atoms with Crippen molar-refractivity contribution in [3.05, 3.63) is 180 Å². The Kier molecular flexibility index (Phi) is 16.5. The quantitative estimate of drug-likeness (QED) is 0.0701. The summed E-state index contributed by atoms with van der Waals surface area (Å²) in [5, 5.41) is 98.3. The van der Waals surface area contributed by atoms with Crippen LogP contribution in [0.2, 0.25) is 0 Å². The van der Waals surface area contributed by atoms with Crippen LogP contribution < -0.4 is 9.97 Å². The molecule has 4 aromatic carbocycles. The number of aromatic nitrogens is 10. The summed E-state index contributed by atoms with van der Waals surface area (Å²) in [6, 6.07) is 43.5. The molecule has 0 spiro atoms. The third-order valence-electron chi connectivity index (χ3n) is 15.1. The number of ether oxygens (including phenoxy) is 4. The third-order valence-corrected chi connectivity index (χ3v) is 15.1. The Morgan fingerprint density at radius 2 is 0.741 bits per heavy atom. The van der Waals surface area contributed by atoms with Crippen molar-refractivity contribution >= 4 is 46.4 Å². The Hall–Kier alpha value is -8.10. The number of benzene rings is 4. The molecule has 9 aromatic rings. The van der Waals surface area contributed by atoms with Crippen LogP contribution in [0.1, 0.15) is 34.2 Å². The van der Waals surface area contributed by atoms with E-state index in [1.807, 2.05) is 158 Å². The van der Waals surface area contributed by atoms with Gasteiger partial charge in [0.05, 0.1) is 73.0 Å². The predicted octanol–water partition coefficient (Wildman–Crippen LogP) is 4.37. The molecule has 0 amide bonds. The Morgan fingerprint density at radius 3 is 1.07 bits per heavy atom. The molecule has 10 atom stereocenters. The summed E-state index contributed by atoms with van der Waals surface area (Å²) in [6.45, 7) is -1.49. The van der Waals surface area contributed by atoms with E-state index in [1.54, 1.807) is 21.8 Å². The summed E-state index contributed by atoms with van der Waals surface area (Å²) in [5.74, 6) is 0. The van der Waals surface area contributed by atoms with Crippen LogP contribution in [0.15, 0.2) is 146 Å². The Bertz CT molecular complexity index is 3820. The SMILES string of the molecule is OC[C@H]1O[C@H](OCc2cn(-c3ccc(-c4c5nc(c(-c6ccccc6)c6ccc([n-]6)c(-c6ccccc6)c6nc(c(-c7ccc(-n8cc(CO[C@H]9O[C@H](CO)[C@@H](O)[C@H](O)[C@@H]9O)nn8)cc7)c7ccc4[n-]7)C=C6)C=C5)cc3)nn2)[C@@H](O)[C@@H](O)[C@@H]1O.[Zn+2]. The van der Waals surface area contributed by atoms with Crippen LogP contribution in [-0.2, 0) is 51.6 Å². The molecule has 4 aliphatic rings. The molecule has 8 bridgehead atoms. The summed E-state index contributed by atoms with van der Waals surface area (Å²) in [6.07, 6.45) is -2.97. The summed E-state index contributed by atoms with van der Waals surface area (Å²) in [7, 11) is 0.